The minimum Gasteiger partial charge on any atom is -0.454 e. The summed E-state index contributed by atoms with van der Waals surface area (Å²) in [6.07, 6.45) is 6.01. The van der Waals surface area contributed by atoms with Crippen molar-refractivity contribution in [1.29, 1.82) is 0 Å². The summed E-state index contributed by atoms with van der Waals surface area (Å²) in [4.78, 5) is 23.1. The molecule has 1 N–H and O–H groups in total. The first kappa shape index (κ1) is 29.4. The predicted molar refractivity (Wildman–Crippen MR) is 150 cm³/mol. The molecule has 40 heavy (non-hydrogen) atoms. The fourth-order valence-electron chi connectivity index (χ4n) is 4.63. The highest BCUT2D eigenvalue weighted by Gasteiger charge is 2.29. The van der Waals surface area contributed by atoms with E-state index in [1.165, 1.54) is 37.4 Å². The topological polar surface area (TPSA) is 109 Å². The zero-order chi connectivity index (χ0) is 28.9. The van der Waals surface area contributed by atoms with Crippen LogP contribution in [-0.4, -0.2) is 56.2 Å². The van der Waals surface area contributed by atoms with Gasteiger partial charge in [-0.3, -0.25) is 10.0 Å². The number of hydrogen-bond donors (Lipinski definition) is 1. The average Bonchev–Trinajstić information content (AvgIpc) is 3.11. The molecule has 0 aromatic heterocycles. The third-order valence-electron chi connectivity index (χ3n) is 7.06. The molecule has 2 amide bonds. The molecule has 1 unspecified atom stereocenters. The average molecular weight is 572 g/mol. The van der Waals surface area contributed by atoms with Gasteiger partial charge in [0.15, 0.2) is 21.4 Å². The number of urea groups is 1. The van der Waals surface area contributed by atoms with Gasteiger partial charge in [0.25, 0.3) is 0 Å². The Balaban J connectivity index is 1.44. The highest BCUT2D eigenvalue weighted by Crippen LogP contribution is 2.30. The summed E-state index contributed by atoms with van der Waals surface area (Å²) in [5.74, 6) is 0.0458. The maximum absolute atomic E-state index is 15.1. The normalized spacial score (nSPS) is 17.4. The van der Waals surface area contributed by atoms with Gasteiger partial charge in [-0.05, 0) is 86.6 Å². The minimum absolute atomic E-state index is 0.0480. The monoisotopic (exact) mass is 571 g/mol. The molecule has 9 nitrogen and oxygen atoms in total. The van der Waals surface area contributed by atoms with Crippen LogP contribution >= 0.6 is 0 Å². The Labute approximate surface area is 234 Å². The van der Waals surface area contributed by atoms with Crippen molar-refractivity contribution in [1.82, 2.24) is 4.90 Å². The van der Waals surface area contributed by atoms with Gasteiger partial charge >= 0.3 is 6.03 Å². The number of likely N-dealkylation sites (N-methyl/N-ethyl adjacent to an activating group) is 1. The number of halogens is 1. The Morgan fingerprint density at radius 1 is 1.18 bits per heavy atom. The molecule has 1 aliphatic carbocycles. The van der Waals surface area contributed by atoms with Crippen molar-refractivity contribution >= 4 is 27.3 Å². The van der Waals surface area contributed by atoms with Crippen LogP contribution in [0.3, 0.4) is 0 Å². The van der Waals surface area contributed by atoms with Crippen molar-refractivity contribution in [2.45, 2.75) is 44.4 Å². The number of rotatable bonds is 11. The number of aliphatic imine (C=N–C) groups is 1. The highest BCUT2D eigenvalue weighted by atomic mass is 32.2. The molecule has 2 aromatic rings. The number of sulfone groups is 1. The number of allylic oxidation sites excluding steroid dienone is 2. The van der Waals surface area contributed by atoms with Crippen LogP contribution in [0.25, 0.3) is 0 Å². The van der Waals surface area contributed by atoms with Crippen molar-refractivity contribution in [2.24, 2.45) is 10.9 Å². The van der Waals surface area contributed by atoms with Crippen LogP contribution in [0, 0.1) is 11.7 Å². The third-order valence-corrected chi connectivity index (χ3v) is 8.88. The Morgan fingerprint density at radius 3 is 2.58 bits per heavy atom. The molecule has 4 rings (SSSR count). The summed E-state index contributed by atoms with van der Waals surface area (Å²) in [6.45, 7) is 4.81. The van der Waals surface area contributed by atoms with E-state index in [9.17, 15) is 18.4 Å². The van der Waals surface area contributed by atoms with Gasteiger partial charge in [-0.2, -0.15) is 4.99 Å². The van der Waals surface area contributed by atoms with Crippen LogP contribution in [-0.2, 0) is 21.1 Å². The van der Waals surface area contributed by atoms with E-state index in [4.69, 9.17) is 4.74 Å². The Hall–Kier alpha value is -3.54. The molecular weight excluding hydrogens is 537 g/mol. The minimum atomic E-state index is -3.56. The lowest BCUT2D eigenvalue weighted by molar-refractivity contribution is -0.0110. The Morgan fingerprint density at radius 2 is 1.93 bits per heavy atom. The summed E-state index contributed by atoms with van der Waals surface area (Å²) in [6, 6.07) is 10.0. The number of amides is 2. The van der Waals surface area contributed by atoms with Crippen molar-refractivity contribution in [3.05, 3.63) is 77.3 Å². The van der Waals surface area contributed by atoms with E-state index >= 15 is 4.39 Å². The third kappa shape index (κ3) is 6.78. The molecule has 0 spiro atoms. The maximum Gasteiger partial charge on any atom is 0.344 e. The quantitative estimate of drug-likeness (QED) is 0.355. The Bertz CT molecular complexity index is 1440. The van der Waals surface area contributed by atoms with Gasteiger partial charge in [0.05, 0.1) is 35.7 Å². The number of carbonyl (C=O) groups is 1. The van der Waals surface area contributed by atoms with Crippen LogP contribution in [0.1, 0.15) is 38.7 Å². The van der Waals surface area contributed by atoms with E-state index in [1.54, 1.807) is 17.0 Å². The standard InChI is InChI=1S/C29H34FN3O6S/c1-4-20-8-14-27(24-19-32(5-2)29(34)31-26(24)18-20)39-28-15-9-21(17-25(28)30)7-6-16-40(36,37)23-12-10-22(11-13-23)33(35)38-3/h8-15,17,20,35H,4-7,16,18-19H2,1-3H3. The lowest BCUT2D eigenvalue weighted by Gasteiger charge is -2.27. The highest BCUT2D eigenvalue weighted by molar-refractivity contribution is 7.91. The van der Waals surface area contributed by atoms with E-state index in [2.05, 4.69) is 16.8 Å². The summed E-state index contributed by atoms with van der Waals surface area (Å²) in [5.41, 5.74) is 2.41. The molecule has 0 saturated carbocycles. The molecule has 0 bridgehead atoms. The van der Waals surface area contributed by atoms with Crippen LogP contribution in [0.4, 0.5) is 14.9 Å². The fraction of sp³-hybridized carbons (Fsp3) is 0.379. The molecule has 1 atom stereocenters. The van der Waals surface area contributed by atoms with Crippen LogP contribution in [0.15, 0.2) is 75.8 Å². The SMILES string of the molecule is CCC1C=CC(Oc2ccc(CCCS(=O)(=O)c3ccc(N(O)OC)cc3)cc2F)=C2CN(CC)C(=O)N=C2C1. The van der Waals surface area contributed by atoms with Crippen molar-refractivity contribution in [3.63, 3.8) is 0 Å². The first-order valence-electron chi connectivity index (χ1n) is 13.3. The van der Waals surface area contributed by atoms with E-state index in [0.29, 0.717) is 60.3 Å². The molecule has 1 aliphatic heterocycles. The molecule has 1 heterocycles. The summed E-state index contributed by atoms with van der Waals surface area (Å²) < 4.78 is 46.6. The Kier molecular flexibility index (Phi) is 9.39. The molecule has 214 valence electrons. The van der Waals surface area contributed by atoms with E-state index in [-0.39, 0.29) is 28.3 Å². The number of anilines is 1. The van der Waals surface area contributed by atoms with E-state index in [0.717, 1.165) is 12.0 Å². The lowest BCUT2D eigenvalue weighted by Crippen LogP contribution is -2.38. The second-order valence-corrected chi connectivity index (χ2v) is 11.8. The number of hydrogen-bond acceptors (Lipinski definition) is 7. The zero-order valence-electron chi connectivity index (χ0n) is 22.8. The smallest absolute Gasteiger partial charge is 0.344 e. The molecule has 2 aliphatic rings. The predicted octanol–water partition coefficient (Wildman–Crippen LogP) is 5.50. The molecule has 11 heteroatoms. The number of carbonyl (C=O) groups excluding carboxylic acids is 1. The van der Waals surface area contributed by atoms with Gasteiger partial charge in [-0.25, -0.2) is 17.6 Å². The van der Waals surface area contributed by atoms with E-state index in [1.807, 2.05) is 19.1 Å². The molecule has 0 fully saturated rings. The summed E-state index contributed by atoms with van der Waals surface area (Å²) in [7, 11) is -2.28. The van der Waals surface area contributed by atoms with Crippen molar-refractivity contribution in [2.75, 3.05) is 31.2 Å². The van der Waals surface area contributed by atoms with Crippen molar-refractivity contribution < 1.29 is 32.4 Å². The van der Waals surface area contributed by atoms with Gasteiger partial charge < -0.3 is 9.64 Å². The fourth-order valence-corrected chi connectivity index (χ4v) is 5.94. The second-order valence-electron chi connectivity index (χ2n) is 9.67. The number of nitrogens with zero attached hydrogens (tertiary/aromatic N) is 3. The van der Waals surface area contributed by atoms with Crippen LogP contribution in [0.5, 0.6) is 5.75 Å². The van der Waals surface area contributed by atoms with E-state index < -0.39 is 15.7 Å². The maximum atomic E-state index is 15.1. The zero-order valence-corrected chi connectivity index (χ0v) is 23.7. The first-order chi connectivity index (χ1) is 19.1. The van der Waals surface area contributed by atoms with Gasteiger partial charge in [0, 0.05) is 12.1 Å². The molecule has 2 aromatic carbocycles. The van der Waals surface area contributed by atoms with Crippen LogP contribution in [0.2, 0.25) is 0 Å². The number of ether oxygens (including phenoxy) is 1. The summed E-state index contributed by atoms with van der Waals surface area (Å²) in [5, 5.41) is 10.1. The number of aryl methyl sites for hydroxylation is 1. The molecule has 0 radical (unpaired) electrons. The van der Waals surface area contributed by atoms with Crippen LogP contribution < -0.4 is 9.96 Å². The molecular formula is C29H34FN3O6S. The largest absolute Gasteiger partial charge is 0.454 e. The molecule has 0 saturated heterocycles. The van der Waals surface area contributed by atoms with Gasteiger partial charge in [-0.1, -0.05) is 19.1 Å². The van der Waals surface area contributed by atoms with Crippen molar-refractivity contribution in [3.8, 4) is 5.75 Å². The van der Waals surface area contributed by atoms with Gasteiger partial charge in [0.2, 0.25) is 0 Å². The number of benzene rings is 2. The van der Waals surface area contributed by atoms with Gasteiger partial charge in [-0.15, -0.1) is 5.23 Å². The second kappa shape index (κ2) is 12.8. The number of fused-ring (bicyclic) bond motifs is 1. The van der Waals surface area contributed by atoms with Gasteiger partial charge in [0.1, 0.15) is 5.76 Å². The first-order valence-corrected chi connectivity index (χ1v) is 14.9. The summed E-state index contributed by atoms with van der Waals surface area (Å²) >= 11 is 0. The lowest BCUT2D eigenvalue weighted by atomic mass is 9.96.